The van der Waals surface area contributed by atoms with Gasteiger partial charge in [-0.2, -0.15) is 8.78 Å². The largest absolute Gasteiger partial charge is 0.435 e. The maximum absolute atomic E-state index is 12.1. The van der Waals surface area contributed by atoms with E-state index >= 15 is 0 Å². The van der Waals surface area contributed by atoms with Gasteiger partial charge in [-0.3, -0.25) is 9.69 Å². The third kappa shape index (κ3) is 3.63. The van der Waals surface area contributed by atoms with Crippen molar-refractivity contribution in [1.29, 1.82) is 0 Å². The van der Waals surface area contributed by atoms with Crippen LogP contribution in [0.3, 0.4) is 0 Å². The number of halogens is 2. The Kier molecular flexibility index (Phi) is 4.64. The van der Waals surface area contributed by atoms with Gasteiger partial charge in [-0.25, -0.2) is 0 Å². The summed E-state index contributed by atoms with van der Waals surface area (Å²) in [6.07, 6.45) is 3.16. The van der Waals surface area contributed by atoms with Crippen molar-refractivity contribution in [3.05, 3.63) is 48.2 Å². The van der Waals surface area contributed by atoms with Crippen molar-refractivity contribution in [2.75, 3.05) is 6.54 Å². The molecule has 1 N–H and O–H groups in total. The molecule has 1 saturated heterocycles. The maximum Gasteiger partial charge on any atom is 0.387 e. The minimum atomic E-state index is -2.86. The first kappa shape index (κ1) is 15.1. The molecular formula is C14H12F2N2O2S. The Labute approximate surface area is 125 Å². The number of alkyl halides is 2. The second-order valence-electron chi connectivity index (χ2n) is 4.14. The standard InChI is InChI=1S/C14H12F2N2O2S/c1-2-7-18-12(19)11(17-14(18)21)8-9-3-5-10(6-4-9)20-13(15)16/h2-6,8,13H,1,7H2,(H,17,21)/b11-8+. The van der Waals surface area contributed by atoms with Crippen molar-refractivity contribution in [1.82, 2.24) is 10.2 Å². The molecule has 0 saturated carbocycles. The molecule has 1 aromatic rings. The second-order valence-corrected chi connectivity index (χ2v) is 4.53. The molecule has 1 fully saturated rings. The zero-order valence-electron chi connectivity index (χ0n) is 10.9. The first-order chi connectivity index (χ1) is 10.0. The Bertz CT molecular complexity index is 599. The highest BCUT2D eigenvalue weighted by Crippen LogP contribution is 2.18. The van der Waals surface area contributed by atoms with Crippen LogP contribution in [0.4, 0.5) is 8.78 Å². The second kappa shape index (κ2) is 6.45. The van der Waals surface area contributed by atoms with Gasteiger partial charge < -0.3 is 10.1 Å². The zero-order valence-corrected chi connectivity index (χ0v) is 11.7. The first-order valence-electron chi connectivity index (χ1n) is 6.01. The third-order valence-electron chi connectivity index (χ3n) is 2.69. The Morgan fingerprint density at radius 1 is 1.38 bits per heavy atom. The zero-order chi connectivity index (χ0) is 15.4. The molecule has 4 nitrogen and oxygen atoms in total. The monoisotopic (exact) mass is 310 g/mol. The number of rotatable bonds is 5. The van der Waals surface area contributed by atoms with E-state index in [0.29, 0.717) is 22.9 Å². The van der Waals surface area contributed by atoms with Crippen molar-refractivity contribution >= 4 is 29.3 Å². The van der Waals surface area contributed by atoms with Crippen LogP contribution in [0, 0.1) is 0 Å². The summed E-state index contributed by atoms with van der Waals surface area (Å²) >= 11 is 5.05. The summed E-state index contributed by atoms with van der Waals surface area (Å²) in [6, 6.07) is 5.94. The molecular weight excluding hydrogens is 298 g/mol. The quantitative estimate of drug-likeness (QED) is 0.515. The van der Waals surface area contributed by atoms with Gasteiger partial charge >= 0.3 is 6.61 Å². The Balaban J connectivity index is 2.15. The van der Waals surface area contributed by atoms with Crippen molar-refractivity contribution in [3.8, 4) is 5.75 Å². The average molecular weight is 310 g/mol. The highest BCUT2D eigenvalue weighted by Gasteiger charge is 2.29. The van der Waals surface area contributed by atoms with Gasteiger partial charge in [0.05, 0.1) is 0 Å². The van der Waals surface area contributed by atoms with Crippen LogP contribution in [0.5, 0.6) is 5.75 Å². The molecule has 0 spiro atoms. The van der Waals surface area contributed by atoms with E-state index in [0.717, 1.165) is 0 Å². The number of hydrogen-bond acceptors (Lipinski definition) is 3. The minimum Gasteiger partial charge on any atom is -0.435 e. The SMILES string of the molecule is C=CCN1C(=O)/C(=C\c2ccc(OC(F)F)cc2)NC1=S. The van der Waals surface area contributed by atoms with Crippen LogP contribution < -0.4 is 10.1 Å². The summed E-state index contributed by atoms with van der Waals surface area (Å²) in [7, 11) is 0. The van der Waals surface area contributed by atoms with Crippen LogP contribution in [0.1, 0.15) is 5.56 Å². The molecule has 21 heavy (non-hydrogen) atoms. The third-order valence-corrected chi connectivity index (χ3v) is 3.01. The lowest BCUT2D eigenvalue weighted by Crippen LogP contribution is -2.30. The molecule has 1 amide bonds. The fourth-order valence-corrected chi connectivity index (χ4v) is 2.05. The molecule has 0 atom stereocenters. The molecule has 110 valence electrons. The number of benzene rings is 1. The van der Waals surface area contributed by atoms with Crippen molar-refractivity contribution < 1.29 is 18.3 Å². The van der Waals surface area contributed by atoms with E-state index in [-0.39, 0.29) is 11.7 Å². The van der Waals surface area contributed by atoms with Crippen LogP contribution in [0.2, 0.25) is 0 Å². The summed E-state index contributed by atoms with van der Waals surface area (Å²) in [5, 5.41) is 3.11. The van der Waals surface area contributed by atoms with Crippen molar-refractivity contribution in [2.24, 2.45) is 0 Å². The normalized spacial score (nSPS) is 16.5. The van der Waals surface area contributed by atoms with E-state index in [1.807, 2.05) is 0 Å². The van der Waals surface area contributed by atoms with Crippen molar-refractivity contribution in [3.63, 3.8) is 0 Å². The van der Waals surface area contributed by atoms with Gasteiger partial charge in [0.2, 0.25) is 0 Å². The van der Waals surface area contributed by atoms with E-state index in [1.165, 1.54) is 17.0 Å². The van der Waals surface area contributed by atoms with Crippen molar-refractivity contribution in [2.45, 2.75) is 6.61 Å². The van der Waals surface area contributed by atoms with Gasteiger partial charge in [-0.05, 0) is 36.0 Å². The topological polar surface area (TPSA) is 41.6 Å². The average Bonchev–Trinajstić information content (AvgIpc) is 2.69. The smallest absolute Gasteiger partial charge is 0.387 e. The summed E-state index contributed by atoms with van der Waals surface area (Å²) < 4.78 is 28.3. The number of nitrogens with zero attached hydrogens (tertiary/aromatic N) is 1. The predicted molar refractivity (Wildman–Crippen MR) is 78.7 cm³/mol. The molecule has 0 unspecified atom stereocenters. The molecule has 1 aromatic carbocycles. The molecule has 0 aliphatic carbocycles. The number of hydrogen-bond donors (Lipinski definition) is 1. The fraction of sp³-hybridized carbons (Fsp3) is 0.143. The summed E-state index contributed by atoms with van der Waals surface area (Å²) in [5.41, 5.74) is 0.986. The number of carbonyl (C=O) groups excluding carboxylic acids is 1. The molecule has 0 aromatic heterocycles. The van der Waals surface area contributed by atoms with Gasteiger partial charge in [-0.1, -0.05) is 18.2 Å². The van der Waals surface area contributed by atoms with E-state index in [1.54, 1.807) is 24.3 Å². The molecule has 1 aliphatic rings. The van der Waals surface area contributed by atoms with E-state index in [9.17, 15) is 13.6 Å². The van der Waals surface area contributed by atoms with Crippen LogP contribution in [0.15, 0.2) is 42.6 Å². The lowest BCUT2D eigenvalue weighted by Gasteiger charge is -2.09. The van der Waals surface area contributed by atoms with Gasteiger partial charge in [0.25, 0.3) is 5.91 Å². The van der Waals surface area contributed by atoms with Crippen LogP contribution >= 0.6 is 12.2 Å². The maximum atomic E-state index is 12.1. The first-order valence-corrected chi connectivity index (χ1v) is 6.42. The summed E-state index contributed by atoms with van der Waals surface area (Å²) in [6.45, 7) is 1.02. The lowest BCUT2D eigenvalue weighted by molar-refractivity contribution is -0.122. The number of thiocarbonyl (C=S) groups is 1. The van der Waals surface area contributed by atoms with Gasteiger partial charge in [0, 0.05) is 6.54 Å². The number of nitrogens with one attached hydrogen (secondary N) is 1. The molecule has 1 heterocycles. The lowest BCUT2D eigenvalue weighted by atomic mass is 10.2. The number of carbonyl (C=O) groups is 1. The van der Waals surface area contributed by atoms with Gasteiger partial charge in [0.15, 0.2) is 5.11 Å². The van der Waals surface area contributed by atoms with E-state index in [4.69, 9.17) is 12.2 Å². The highest BCUT2D eigenvalue weighted by atomic mass is 32.1. The van der Waals surface area contributed by atoms with Gasteiger partial charge in [-0.15, -0.1) is 6.58 Å². The van der Waals surface area contributed by atoms with E-state index < -0.39 is 6.61 Å². The molecule has 0 radical (unpaired) electrons. The molecule has 0 bridgehead atoms. The molecule has 2 rings (SSSR count). The van der Waals surface area contributed by atoms with Gasteiger partial charge in [0.1, 0.15) is 11.4 Å². The molecule has 7 heteroatoms. The summed E-state index contributed by atoms with van der Waals surface area (Å²) in [5.74, 6) is -0.200. The Hall–Kier alpha value is -2.28. The number of ether oxygens (including phenoxy) is 1. The number of amides is 1. The summed E-state index contributed by atoms with van der Waals surface area (Å²) in [4.78, 5) is 13.4. The minimum absolute atomic E-state index is 0.0571. The Morgan fingerprint density at radius 3 is 2.62 bits per heavy atom. The predicted octanol–water partition coefficient (Wildman–Crippen LogP) is 2.53. The van der Waals surface area contributed by atoms with E-state index in [2.05, 4.69) is 16.6 Å². The van der Waals surface area contributed by atoms with Crippen LogP contribution in [-0.4, -0.2) is 29.1 Å². The van der Waals surface area contributed by atoms with Crippen LogP contribution in [-0.2, 0) is 4.79 Å². The Morgan fingerprint density at radius 2 is 2.05 bits per heavy atom. The van der Waals surface area contributed by atoms with Crippen LogP contribution in [0.25, 0.3) is 6.08 Å². The highest BCUT2D eigenvalue weighted by molar-refractivity contribution is 7.80. The molecule has 1 aliphatic heterocycles. The fourth-order valence-electron chi connectivity index (χ4n) is 1.78.